The molecule has 5 atom stereocenters. The Balaban J connectivity index is 1.22. The largest absolute Gasteiger partial charge is 0.493 e. The first-order chi connectivity index (χ1) is 17.4. The lowest BCUT2D eigenvalue weighted by Gasteiger charge is -2.15. The first kappa shape index (κ1) is 24.8. The van der Waals surface area contributed by atoms with Crippen molar-refractivity contribution in [1.29, 1.82) is 0 Å². The van der Waals surface area contributed by atoms with E-state index in [1.165, 1.54) is 16.7 Å². The fourth-order valence-corrected chi connectivity index (χ4v) is 6.92. The van der Waals surface area contributed by atoms with Gasteiger partial charge in [-0.25, -0.2) is 4.21 Å². The normalized spacial score (nSPS) is 26.2. The number of fused-ring (bicyclic) bond motifs is 1. The molecule has 2 fully saturated rings. The Morgan fingerprint density at radius 1 is 1.06 bits per heavy atom. The van der Waals surface area contributed by atoms with Gasteiger partial charge < -0.3 is 14.2 Å². The summed E-state index contributed by atoms with van der Waals surface area (Å²) in [6.45, 7) is 6.04. The van der Waals surface area contributed by atoms with Crippen LogP contribution in [0.2, 0.25) is 0 Å². The van der Waals surface area contributed by atoms with Crippen LogP contribution in [-0.2, 0) is 31.9 Å². The zero-order chi connectivity index (χ0) is 25.2. The Morgan fingerprint density at radius 2 is 1.86 bits per heavy atom. The number of carbonyl (C=O) groups excluding carboxylic acids is 1. The second-order valence-electron chi connectivity index (χ2n) is 9.84. The fourth-order valence-electron chi connectivity index (χ4n) is 5.51. The van der Waals surface area contributed by atoms with Crippen molar-refractivity contribution in [2.24, 2.45) is 17.8 Å². The smallest absolute Gasteiger partial charge is 0.232 e. The van der Waals surface area contributed by atoms with Crippen LogP contribution >= 0.6 is 0 Å². The average molecular weight is 508 g/mol. The van der Waals surface area contributed by atoms with E-state index in [1.807, 2.05) is 6.08 Å². The molecule has 3 aliphatic rings. The van der Waals surface area contributed by atoms with Gasteiger partial charge in [0.15, 0.2) is 0 Å². The van der Waals surface area contributed by atoms with Crippen LogP contribution in [0.1, 0.15) is 29.5 Å². The summed E-state index contributed by atoms with van der Waals surface area (Å²) in [6.07, 6.45) is 7.51. The van der Waals surface area contributed by atoms with Crippen LogP contribution in [0, 0.1) is 31.6 Å². The molecule has 0 radical (unpaired) electrons. The second-order valence-corrected chi connectivity index (χ2v) is 11.2. The number of carbonyl (C=O) groups is 1. The summed E-state index contributed by atoms with van der Waals surface area (Å²) in [5.41, 5.74) is 5.83. The molecule has 1 heterocycles. The number of methoxy groups -OCH3 is 1. The van der Waals surface area contributed by atoms with Crippen molar-refractivity contribution < 1.29 is 23.2 Å². The predicted molar refractivity (Wildman–Crippen MR) is 141 cm³/mol. The van der Waals surface area contributed by atoms with Gasteiger partial charge in [-0.2, -0.15) is 0 Å². The minimum atomic E-state index is -1.27. The fraction of sp³-hybridized carbons (Fsp3) is 0.414. The number of benzene rings is 2. The molecule has 0 aromatic heterocycles. The zero-order valence-corrected chi connectivity index (χ0v) is 21.8. The summed E-state index contributed by atoms with van der Waals surface area (Å²) in [5.74, 6) is 2.54. The molecule has 1 N–H and O–H groups in total. The van der Waals surface area contributed by atoms with Gasteiger partial charge in [-0.1, -0.05) is 24.3 Å². The molecule has 5 unspecified atom stereocenters. The van der Waals surface area contributed by atoms with Crippen LogP contribution < -0.4 is 9.46 Å². The first-order valence-corrected chi connectivity index (χ1v) is 13.7. The summed E-state index contributed by atoms with van der Waals surface area (Å²) >= 11 is 0. The van der Waals surface area contributed by atoms with Gasteiger partial charge in [0.25, 0.3) is 0 Å². The standard InChI is InChI=1S/C29H33NO5S/c1-18-12-23(34-11-5-10-33-3)13-19(2)28(18)21-7-4-6-20(14-21)17-35-22-8-9-24-25(15-22)29(24)26-16-27(31)30-36(26)32/h4,6-9,12-15,24-26,29H,5,10-11,16-17H2,1-3H3,(H,30,31). The van der Waals surface area contributed by atoms with Crippen molar-refractivity contribution in [2.45, 2.75) is 38.5 Å². The van der Waals surface area contributed by atoms with Gasteiger partial charge in [0.2, 0.25) is 5.91 Å². The second kappa shape index (κ2) is 10.6. The van der Waals surface area contributed by atoms with E-state index in [0.717, 1.165) is 29.1 Å². The van der Waals surface area contributed by atoms with Gasteiger partial charge in [-0.15, -0.1) is 0 Å². The van der Waals surface area contributed by atoms with Crippen molar-refractivity contribution in [3.63, 3.8) is 0 Å². The monoisotopic (exact) mass is 507 g/mol. The summed E-state index contributed by atoms with van der Waals surface area (Å²) in [6, 6.07) is 12.7. The molecule has 1 amide bonds. The minimum Gasteiger partial charge on any atom is -0.493 e. The molecule has 1 aliphatic heterocycles. The zero-order valence-electron chi connectivity index (χ0n) is 21.0. The van der Waals surface area contributed by atoms with Gasteiger partial charge in [0, 0.05) is 26.6 Å². The number of aryl methyl sites for hydroxylation is 2. The molecular weight excluding hydrogens is 474 g/mol. The predicted octanol–water partition coefficient (Wildman–Crippen LogP) is 4.77. The SMILES string of the molecule is COCCCOc1cc(C)c(-c2cccc(COC3=CC4C(C=C3)C4C3CC(=O)NS3=O)c2)c(C)c1. The van der Waals surface area contributed by atoms with Gasteiger partial charge in [0.05, 0.1) is 11.9 Å². The third-order valence-electron chi connectivity index (χ3n) is 7.23. The number of hydrogen-bond donors (Lipinski definition) is 1. The number of ether oxygens (including phenoxy) is 3. The lowest BCUT2D eigenvalue weighted by molar-refractivity contribution is -0.118. The van der Waals surface area contributed by atoms with Crippen LogP contribution in [0.15, 0.2) is 60.4 Å². The lowest BCUT2D eigenvalue weighted by Crippen LogP contribution is -2.19. The number of allylic oxidation sites excluding steroid dienone is 3. The Morgan fingerprint density at radius 3 is 2.58 bits per heavy atom. The van der Waals surface area contributed by atoms with Crippen molar-refractivity contribution in [3.05, 3.63) is 77.1 Å². The topological polar surface area (TPSA) is 73.9 Å². The highest BCUT2D eigenvalue weighted by molar-refractivity contribution is 7.84. The van der Waals surface area contributed by atoms with Crippen LogP contribution in [0.4, 0.5) is 0 Å². The maximum atomic E-state index is 12.2. The molecule has 2 aromatic carbocycles. The van der Waals surface area contributed by atoms with Crippen LogP contribution in [0.3, 0.4) is 0 Å². The average Bonchev–Trinajstić information content (AvgIpc) is 3.46. The Kier molecular flexibility index (Phi) is 7.30. The molecule has 5 rings (SSSR count). The van der Waals surface area contributed by atoms with Gasteiger partial charge in [-0.05, 0) is 89.8 Å². The third-order valence-corrected chi connectivity index (χ3v) is 8.69. The van der Waals surface area contributed by atoms with Gasteiger partial charge >= 0.3 is 0 Å². The Labute approximate surface area is 215 Å². The summed E-state index contributed by atoms with van der Waals surface area (Å²) < 4.78 is 31.9. The molecule has 2 aliphatic carbocycles. The van der Waals surface area contributed by atoms with Gasteiger partial charge in [0.1, 0.15) is 29.1 Å². The Bertz CT molecular complexity index is 1210. The molecular formula is C29H33NO5S. The number of hydrogen-bond acceptors (Lipinski definition) is 5. The number of amides is 1. The van der Waals surface area contributed by atoms with E-state index >= 15 is 0 Å². The molecule has 2 aromatic rings. The number of rotatable bonds is 10. The lowest BCUT2D eigenvalue weighted by atomic mass is 9.94. The van der Waals surface area contributed by atoms with E-state index < -0.39 is 11.0 Å². The summed E-state index contributed by atoms with van der Waals surface area (Å²) in [5, 5.41) is -0.0990. The third kappa shape index (κ3) is 5.27. The quantitative estimate of drug-likeness (QED) is 0.469. The van der Waals surface area contributed by atoms with Crippen molar-refractivity contribution in [2.75, 3.05) is 20.3 Å². The van der Waals surface area contributed by atoms with Gasteiger partial charge in [-0.3, -0.25) is 9.52 Å². The van der Waals surface area contributed by atoms with Crippen molar-refractivity contribution >= 4 is 16.9 Å². The highest BCUT2D eigenvalue weighted by atomic mass is 32.2. The van der Waals surface area contributed by atoms with E-state index in [4.69, 9.17) is 14.2 Å². The molecule has 36 heavy (non-hydrogen) atoms. The van der Waals surface area contributed by atoms with Crippen LogP contribution in [0.25, 0.3) is 11.1 Å². The van der Waals surface area contributed by atoms with Crippen LogP contribution in [0.5, 0.6) is 5.75 Å². The Hall–Kier alpha value is -2.90. The highest BCUT2D eigenvalue weighted by Gasteiger charge is 2.56. The molecule has 1 saturated heterocycles. The molecule has 190 valence electrons. The van der Waals surface area contributed by atoms with E-state index in [1.54, 1.807) is 7.11 Å². The van der Waals surface area contributed by atoms with Crippen LogP contribution in [-0.4, -0.2) is 35.7 Å². The maximum absolute atomic E-state index is 12.2. The summed E-state index contributed by atoms with van der Waals surface area (Å²) in [4.78, 5) is 11.6. The minimum absolute atomic E-state index is 0.0990. The van der Waals surface area contributed by atoms with E-state index in [9.17, 15) is 9.00 Å². The first-order valence-electron chi connectivity index (χ1n) is 12.5. The molecule has 6 nitrogen and oxygen atoms in total. The maximum Gasteiger partial charge on any atom is 0.232 e. The van der Waals surface area contributed by atoms with E-state index in [-0.39, 0.29) is 17.1 Å². The van der Waals surface area contributed by atoms with Crippen molar-refractivity contribution in [1.82, 2.24) is 4.72 Å². The molecule has 0 bridgehead atoms. The molecule has 1 saturated carbocycles. The van der Waals surface area contributed by atoms with Crippen molar-refractivity contribution in [3.8, 4) is 16.9 Å². The number of nitrogens with one attached hydrogen (secondary N) is 1. The highest BCUT2D eigenvalue weighted by Crippen LogP contribution is 2.55. The molecule has 7 heteroatoms. The van der Waals surface area contributed by atoms with E-state index in [0.29, 0.717) is 38.1 Å². The molecule has 0 spiro atoms. The summed E-state index contributed by atoms with van der Waals surface area (Å²) in [7, 11) is 0.435. The van der Waals surface area contributed by atoms with E-state index in [2.05, 4.69) is 67.1 Å².